The molecule has 0 aliphatic rings. The van der Waals surface area contributed by atoms with Gasteiger partial charge in [-0.1, -0.05) is 12.1 Å². The largest absolute Gasteiger partial charge is 0.255 e. The standard InChI is InChI=1S/C16H14N4/c1-11-15(13-7-3-5-9-17-13)20-12(2)16(19-11)14-8-4-6-10-18-14/h3-10H,1-2H3. The molecule has 3 aromatic rings. The molecule has 0 atom stereocenters. The maximum atomic E-state index is 4.65. The van der Waals surface area contributed by atoms with Crippen LogP contribution in [0.3, 0.4) is 0 Å². The molecule has 0 saturated heterocycles. The van der Waals surface area contributed by atoms with E-state index < -0.39 is 0 Å². The zero-order chi connectivity index (χ0) is 13.9. The summed E-state index contributed by atoms with van der Waals surface area (Å²) in [6.45, 7) is 3.89. The topological polar surface area (TPSA) is 51.6 Å². The molecule has 0 aliphatic heterocycles. The highest BCUT2D eigenvalue weighted by Gasteiger charge is 2.12. The molecule has 3 aromatic heterocycles. The molecular formula is C16H14N4. The van der Waals surface area contributed by atoms with E-state index in [0.29, 0.717) is 0 Å². The van der Waals surface area contributed by atoms with Crippen molar-refractivity contribution in [2.45, 2.75) is 13.8 Å². The predicted octanol–water partition coefficient (Wildman–Crippen LogP) is 3.22. The quantitative estimate of drug-likeness (QED) is 0.711. The van der Waals surface area contributed by atoms with Crippen LogP contribution in [0.1, 0.15) is 11.4 Å². The predicted molar refractivity (Wildman–Crippen MR) is 78.0 cm³/mol. The molecule has 4 nitrogen and oxygen atoms in total. The fourth-order valence-electron chi connectivity index (χ4n) is 2.09. The molecule has 0 bridgehead atoms. The minimum Gasteiger partial charge on any atom is -0.255 e. The number of pyridine rings is 2. The highest BCUT2D eigenvalue weighted by Crippen LogP contribution is 2.23. The van der Waals surface area contributed by atoms with Crippen LogP contribution in [0.15, 0.2) is 48.8 Å². The Morgan fingerprint density at radius 1 is 0.650 bits per heavy atom. The molecule has 0 aliphatic carbocycles. The summed E-state index contributed by atoms with van der Waals surface area (Å²) < 4.78 is 0. The number of hydrogen-bond donors (Lipinski definition) is 0. The van der Waals surface area contributed by atoms with Crippen molar-refractivity contribution in [1.29, 1.82) is 0 Å². The van der Waals surface area contributed by atoms with E-state index in [0.717, 1.165) is 34.2 Å². The third-order valence-corrected chi connectivity index (χ3v) is 3.06. The number of nitrogens with zero attached hydrogens (tertiary/aromatic N) is 4. The summed E-state index contributed by atoms with van der Waals surface area (Å²) in [6.07, 6.45) is 3.52. The van der Waals surface area contributed by atoms with Gasteiger partial charge in [-0.2, -0.15) is 0 Å². The molecule has 0 aromatic carbocycles. The summed E-state index contributed by atoms with van der Waals surface area (Å²) in [6, 6.07) is 11.6. The smallest absolute Gasteiger partial charge is 0.110 e. The zero-order valence-electron chi connectivity index (χ0n) is 11.4. The molecule has 3 rings (SSSR count). The van der Waals surface area contributed by atoms with E-state index in [1.54, 1.807) is 12.4 Å². The van der Waals surface area contributed by atoms with E-state index in [2.05, 4.69) is 19.9 Å². The second kappa shape index (κ2) is 5.17. The van der Waals surface area contributed by atoms with Crippen molar-refractivity contribution in [3.63, 3.8) is 0 Å². The highest BCUT2D eigenvalue weighted by atomic mass is 14.9. The monoisotopic (exact) mass is 262 g/mol. The molecule has 20 heavy (non-hydrogen) atoms. The van der Waals surface area contributed by atoms with E-state index in [-0.39, 0.29) is 0 Å². The Morgan fingerprint density at radius 2 is 1.10 bits per heavy atom. The second-order valence-electron chi connectivity index (χ2n) is 4.52. The van der Waals surface area contributed by atoms with Crippen molar-refractivity contribution < 1.29 is 0 Å². The van der Waals surface area contributed by atoms with Gasteiger partial charge in [0.05, 0.1) is 22.8 Å². The van der Waals surface area contributed by atoms with Gasteiger partial charge in [0.25, 0.3) is 0 Å². The second-order valence-corrected chi connectivity index (χ2v) is 4.52. The van der Waals surface area contributed by atoms with Gasteiger partial charge in [-0.05, 0) is 38.1 Å². The average molecular weight is 262 g/mol. The molecule has 0 saturated carbocycles. The third kappa shape index (κ3) is 2.28. The summed E-state index contributed by atoms with van der Waals surface area (Å²) in [5.41, 5.74) is 5.04. The maximum absolute atomic E-state index is 4.65. The van der Waals surface area contributed by atoms with Gasteiger partial charge in [0.15, 0.2) is 0 Å². The van der Waals surface area contributed by atoms with Crippen molar-refractivity contribution >= 4 is 0 Å². The van der Waals surface area contributed by atoms with E-state index >= 15 is 0 Å². The first-order valence-corrected chi connectivity index (χ1v) is 6.44. The van der Waals surface area contributed by atoms with Gasteiger partial charge in [-0.3, -0.25) is 9.97 Å². The van der Waals surface area contributed by atoms with Gasteiger partial charge in [0.2, 0.25) is 0 Å². The van der Waals surface area contributed by atoms with Gasteiger partial charge in [0, 0.05) is 12.4 Å². The van der Waals surface area contributed by atoms with Crippen molar-refractivity contribution in [2.75, 3.05) is 0 Å². The summed E-state index contributed by atoms with van der Waals surface area (Å²) in [5.74, 6) is 0. The lowest BCUT2D eigenvalue weighted by atomic mass is 10.1. The van der Waals surface area contributed by atoms with Crippen molar-refractivity contribution in [3.05, 3.63) is 60.2 Å². The summed E-state index contributed by atoms with van der Waals surface area (Å²) >= 11 is 0. The molecular weight excluding hydrogens is 248 g/mol. The first-order valence-electron chi connectivity index (χ1n) is 6.44. The lowest BCUT2D eigenvalue weighted by Crippen LogP contribution is -2.01. The maximum Gasteiger partial charge on any atom is 0.110 e. The van der Waals surface area contributed by atoms with Crippen LogP contribution < -0.4 is 0 Å². The van der Waals surface area contributed by atoms with Crippen LogP contribution >= 0.6 is 0 Å². The molecule has 0 fully saturated rings. The van der Waals surface area contributed by atoms with Crippen LogP contribution in [0.25, 0.3) is 22.8 Å². The van der Waals surface area contributed by atoms with Crippen molar-refractivity contribution in [3.8, 4) is 22.8 Å². The lowest BCUT2D eigenvalue weighted by Gasteiger charge is -2.09. The van der Waals surface area contributed by atoms with E-state index in [1.165, 1.54) is 0 Å². The fraction of sp³-hybridized carbons (Fsp3) is 0.125. The Hall–Kier alpha value is -2.62. The molecule has 0 unspecified atom stereocenters. The zero-order valence-corrected chi connectivity index (χ0v) is 11.4. The molecule has 98 valence electrons. The first-order chi connectivity index (χ1) is 9.75. The minimum absolute atomic E-state index is 0.822. The van der Waals surface area contributed by atoms with E-state index in [4.69, 9.17) is 0 Å². The van der Waals surface area contributed by atoms with Crippen LogP contribution in [-0.2, 0) is 0 Å². The van der Waals surface area contributed by atoms with Crippen LogP contribution in [-0.4, -0.2) is 19.9 Å². The molecule has 0 spiro atoms. The SMILES string of the molecule is Cc1nc(-c2ccccn2)c(C)nc1-c1ccccn1. The number of hydrogen-bond acceptors (Lipinski definition) is 4. The van der Waals surface area contributed by atoms with Gasteiger partial charge in [-0.25, -0.2) is 9.97 Å². The molecule has 3 heterocycles. The van der Waals surface area contributed by atoms with E-state index in [9.17, 15) is 0 Å². The lowest BCUT2D eigenvalue weighted by molar-refractivity contribution is 1.05. The Labute approximate surface area is 117 Å². The number of rotatable bonds is 2. The molecule has 0 amide bonds. The number of aromatic nitrogens is 4. The Bertz CT molecular complexity index is 659. The molecule has 4 heteroatoms. The van der Waals surface area contributed by atoms with Crippen LogP contribution in [0.2, 0.25) is 0 Å². The van der Waals surface area contributed by atoms with Gasteiger partial charge < -0.3 is 0 Å². The van der Waals surface area contributed by atoms with Crippen molar-refractivity contribution in [2.24, 2.45) is 0 Å². The van der Waals surface area contributed by atoms with Crippen LogP contribution in [0.5, 0.6) is 0 Å². The van der Waals surface area contributed by atoms with Crippen molar-refractivity contribution in [1.82, 2.24) is 19.9 Å². The molecule has 0 radical (unpaired) electrons. The number of aryl methyl sites for hydroxylation is 2. The van der Waals surface area contributed by atoms with E-state index in [1.807, 2.05) is 50.2 Å². The summed E-state index contributed by atoms with van der Waals surface area (Å²) in [5, 5.41) is 0. The Balaban J connectivity index is 2.13. The Morgan fingerprint density at radius 3 is 1.45 bits per heavy atom. The minimum atomic E-state index is 0.822. The Kier molecular flexibility index (Phi) is 3.21. The van der Waals surface area contributed by atoms with Gasteiger partial charge in [-0.15, -0.1) is 0 Å². The first kappa shape index (κ1) is 12.4. The van der Waals surface area contributed by atoms with Crippen LogP contribution in [0, 0.1) is 13.8 Å². The summed E-state index contributed by atoms with van der Waals surface area (Å²) in [7, 11) is 0. The highest BCUT2D eigenvalue weighted by molar-refractivity contribution is 5.63. The van der Waals surface area contributed by atoms with Gasteiger partial charge >= 0.3 is 0 Å². The molecule has 0 N–H and O–H groups in total. The van der Waals surface area contributed by atoms with Crippen LogP contribution in [0.4, 0.5) is 0 Å². The average Bonchev–Trinajstić information content (AvgIpc) is 2.51. The third-order valence-electron chi connectivity index (χ3n) is 3.06. The normalized spacial score (nSPS) is 10.5. The summed E-state index contributed by atoms with van der Waals surface area (Å²) in [4.78, 5) is 18.0. The van der Waals surface area contributed by atoms with Gasteiger partial charge in [0.1, 0.15) is 11.4 Å². The fourth-order valence-corrected chi connectivity index (χ4v) is 2.09.